The number of aromatic nitrogens is 2. The number of carboxylic acid groups (broad SMARTS) is 1. The lowest BCUT2D eigenvalue weighted by Gasteiger charge is -2.35. The van der Waals surface area contributed by atoms with Gasteiger partial charge in [-0.05, 0) is 6.92 Å². The molecule has 0 bridgehead atoms. The Labute approximate surface area is 111 Å². The largest absolute Gasteiger partial charge is 0.481 e. The van der Waals surface area contributed by atoms with E-state index in [2.05, 4.69) is 9.97 Å². The van der Waals surface area contributed by atoms with Crippen molar-refractivity contribution in [2.24, 2.45) is 0 Å². The summed E-state index contributed by atoms with van der Waals surface area (Å²) in [5.41, 5.74) is 0.664. The van der Waals surface area contributed by atoms with Crippen molar-refractivity contribution in [1.29, 1.82) is 0 Å². The summed E-state index contributed by atoms with van der Waals surface area (Å²) in [5.74, 6) is -0.605. The van der Waals surface area contributed by atoms with Crippen LogP contribution in [0.3, 0.4) is 0 Å². The molecule has 0 aliphatic carbocycles. The van der Waals surface area contributed by atoms with Crippen LogP contribution in [0.25, 0.3) is 0 Å². The Kier molecular flexibility index (Phi) is 3.70. The van der Waals surface area contributed by atoms with E-state index in [4.69, 9.17) is 5.11 Å². The normalized spacial score (nSPS) is 22.2. The Morgan fingerprint density at radius 3 is 2.79 bits per heavy atom. The molecule has 19 heavy (non-hydrogen) atoms. The summed E-state index contributed by atoms with van der Waals surface area (Å²) in [5, 5.41) is 8.91. The summed E-state index contributed by atoms with van der Waals surface area (Å²) in [6.07, 6.45) is 2.84. The van der Waals surface area contributed by atoms with Gasteiger partial charge in [-0.15, -0.1) is 0 Å². The number of sulfone groups is 1. The third kappa shape index (κ3) is 3.19. The Hall–Kier alpha value is -1.70. The highest BCUT2D eigenvalue weighted by Gasteiger charge is 2.34. The molecule has 1 saturated heterocycles. The van der Waals surface area contributed by atoms with Crippen LogP contribution >= 0.6 is 0 Å². The maximum atomic E-state index is 11.6. The molecule has 1 fully saturated rings. The number of anilines is 1. The summed E-state index contributed by atoms with van der Waals surface area (Å²) in [7, 11) is -3.18. The molecule has 0 radical (unpaired) electrons. The van der Waals surface area contributed by atoms with Gasteiger partial charge in [-0.2, -0.15) is 0 Å². The minimum absolute atomic E-state index is 0.0130. The van der Waals surface area contributed by atoms with Crippen molar-refractivity contribution in [2.45, 2.75) is 19.4 Å². The van der Waals surface area contributed by atoms with E-state index in [1.54, 1.807) is 18.0 Å². The summed E-state index contributed by atoms with van der Waals surface area (Å²) >= 11 is 0. The molecule has 1 N–H and O–H groups in total. The van der Waals surface area contributed by atoms with E-state index in [1.807, 2.05) is 0 Å². The van der Waals surface area contributed by atoms with Crippen LogP contribution in [-0.2, 0) is 14.6 Å². The van der Waals surface area contributed by atoms with Gasteiger partial charge in [0, 0.05) is 18.9 Å². The molecule has 1 aromatic rings. The van der Waals surface area contributed by atoms with Crippen LogP contribution < -0.4 is 4.90 Å². The van der Waals surface area contributed by atoms with E-state index in [0.29, 0.717) is 11.5 Å². The maximum absolute atomic E-state index is 11.6. The highest BCUT2D eigenvalue weighted by Crippen LogP contribution is 2.23. The van der Waals surface area contributed by atoms with Crippen LogP contribution in [-0.4, -0.2) is 53.6 Å². The van der Waals surface area contributed by atoms with Gasteiger partial charge in [-0.3, -0.25) is 9.78 Å². The molecule has 2 heterocycles. The van der Waals surface area contributed by atoms with Gasteiger partial charge in [0.05, 0.1) is 29.7 Å². The summed E-state index contributed by atoms with van der Waals surface area (Å²) < 4.78 is 23.3. The predicted molar refractivity (Wildman–Crippen MR) is 68.8 cm³/mol. The summed E-state index contributed by atoms with van der Waals surface area (Å²) in [4.78, 5) is 20.9. The second kappa shape index (κ2) is 5.12. The lowest BCUT2D eigenvalue weighted by Crippen LogP contribution is -2.50. The van der Waals surface area contributed by atoms with E-state index in [9.17, 15) is 13.2 Å². The number of hydrogen-bond donors (Lipinski definition) is 1. The number of nitrogens with zero attached hydrogens (tertiary/aromatic N) is 3. The van der Waals surface area contributed by atoms with Crippen LogP contribution in [0.1, 0.15) is 12.1 Å². The number of carboxylic acids is 1. The van der Waals surface area contributed by atoms with Crippen LogP contribution in [0.15, 0.2) is 12.4 Å². The molecule has 2 rings (SSSR count). The van der Waals surface area contributed by atoms with E-state index in [1.165, 1.54) is 6.20 Å². The average Bonchev–Trinajstić information content (AvgIpc) is 2.29. The third-order valence-corrected chi connectivity index (χ3v) is 4.77. The number of aryl methyl sites for hydroxylation is 1. The molecule has 104 valence electrons. The van der Waals surface area contributed by atoms with Crippen LogP contribution in [0, 0.1) is 6.92 Å². The van der Waals surface area contributed by atoms with Gasteiger partial charge in [0.25, 0.3) is 0 Å². The molecular formula is C11H15N3O4S. The molecule has 0 aromatic carbocycles. The van der Waals surface area contributed by atoms with Gasteiger partial charge < -0.3 is 10.0 Å². The molecule has 1 aromatic heterocycles. The van der Waals surface area contributed by atoms with Crippen molar-refractivity contribution >= 4 is 21.6 Å². The Balaban J connectivity index is 2.32. The van der Waals surface area contributed by atoms with Gasteiger partial charge in [0.1, 0.15) is 5.82 Å². The molecule has 7 nitrogen and oxygen atoms in total. The van der Waals surface area contributed by atoms with E-state index >= 15 is 0 Å². The van der Waals surface area contributed by atoms with Gasteiger partial charge in [0.2, 0.25) is 0 Å². The number of aliphatic carboxylic acids is 1. The fourth-order valence-electron chi connectivity index (χ4n) is 2.22. The van der Waals surface area contributed by atoms with E-state index < -0.39 is 21.8 Å². The van der Waals surface area contributed by atoms with Crippen molar-refractivity contribution < 1.29 is 18.3 Å². The first kappa shape index (κ1) is 13.7. The maximum Gasteiger partial charge on any atom is 0.305 e. The third-order valence-electron chi connectivity index (χ3n) is 3.07. The molecule has 0 spiro atoms. The second-order valence-electron chi connectivity index (χ2n) is 4.52. The average molecular weight is 285 g/mol. The number of carbonyl (C=O) groups is 1. The van der Waals surface area contributed by atoms with Crippen LogP contribution in [0.4, 0.5) is 5.82 Å². The lowest BCUT2D eigenvalue weighted by molar-refractivity contribution is -0.137. The Bertz CT molecular complexity index is 587. The minimum atomic E-state index is -3.18. The SMILES string of the molecule is Cc1nccnc1N1CCS(=O)(=O)CC1CC(=O)O. The van der Waals surface area contributed by atoms with Crippen molar-refractivity contribution in [3.63, 3.8) is 0 Å². The first-order valence-electron chi connectivity index (χ1n) is 5.85. The Morgan fingerprint density at radius 2 is 2.16 bits per heavy atom. The highest BCUT2D eigenvalue weighted by molar-refractivity contribution is 7.91. The number of hydrogen-bond acceptors (Lipinski definition) is 6. The molecule has 0 saturated carbocycles. The van der Waals surface area contributed by atoms with Gasteiger partial charge in [-0.1, -0.05) is 0 Å². The zero-order valence-electron chi connectivity index (χ0n) is 10.5. The number of rotatable bonds is 3. The van der Waals surface area contributed by atoms with Crippen molar-refractivity contribution in [3.05, 3.63) is 18.1 Å². The smallest absolute Gasteiger partial charge is 0.305 e. The monoisotopic (exact) mass is 285 g/mol. The summed E-state index contributed by atoms with van der Waals surface area (Å²) in [6.45, 7) is 2.02. The fourth-order valence-corrected chi connectivity index (χ4v) is 3.74. The van der Waals surface area contributed by atoms with Gasteiger partial charge in [-0.25, -0.2) is 13.4 Å². The zero-order valence-corrected chi connectivity index (χ0v) is 11.3. The second-order valence-corrected chi connectivity index (χ2v) is 6.75. The standard InChI is InChI=1S/C11H15N3O4S/c1-8-11(13-3-2-12-8)14-4-5-19(17,18)7-9(14)6-10(15)16/h2-3,9H,4-7H2,1H3,(H,15,16). The molecule has 0 amide bonds. The van der Waals surface area contributed by atoms with Gasteiger partial charge >= 0.3 is 5.97 Å². The molecule has 1 aliphatic heterocycles. The van der Waals surface area contributed by atoms with E-state index in [0.717, 1.165) is 0 Å². The molecule has 1 unspecified atom stereocenters. The fraction of sp³-hybridized carbons (Fsp3) is 0.545. The lowest BCUT2D eigenvalue weighted by atomic mass is 10.2. The Morgan fingerprint density at radius 1 is 1.47 bits per heavy atom. The predicted octanol–water partition coefficient (Wildman–Crippen LogP) is -0.137. The quantitative estimate of drug-likeness (QED) is 0.825. The molecule has 1 atom stereocenters. The van der Waals surface area contributed by atoms with Crippen molar-refractivity contribution in [1.82, 2.24) is 9.97 Å². The topological polar surface area (TPSA) is 100 Å². The first-order valence-corrected chi connectivity index (χ1v) is 7.67. The molecular weight excluding hydrogens is 270 g/mol. The minimum Gasteiger partial charge on any atom is -0.481 e. The first-order chi connectivity index (χ1) is 8.89. The van der Waals surface area contributed by atoms with Crippen molar-refractivity contribution in [3.8, 4) is 0 Å². The zero-order chi connectivity index (χ0) is 14.0. The van der Waals surface area contributed by atoms with Gasteiger partial charge in [0.15, 0.2) is 9.84 Å². The van der Waals surface area contributed by atoms with Crippen LogP contribution in [0.5, 0.6) is 0 Å². The highest BCUT2D eigenvalue weighted by atomic mass is 32.2. The van der Waals surface area contributed by atoms with E-state index in [-0.39, 0.29) is 24.5 Å². The molecule has 1 aliphatic rings. The van der Waals surface area contributed by atoms with Crippen LogP contribution in [0.2, 0.25) is 0 Å². The molecule has 8 heteroatoms. The van der Waals surface area contributed by atoms with Crippen molar-refractivity contribution in [2.75, 3.05) is 23.0 Å². The summed E-state index contributed by atoms with van der Waals surface area (Å²) in [6, 6.07) is -0.591.